The lowest BCUT2D eigenvalue weighted by Gasteiger charge is -2.36. The Kier molecular flexibility index (Phi) is 8.53. The van der Waals surface area contributed by atoms with Crippen molar-refractivity contribution in [2.45, 2.75) is 37.5 Å². The second-order valence-electron chi connectivity index (χ2n) is 10.1. The number of benzene rings is 2. The highest BCUT2D eigenvalue weighted by Gasteiger charge is 2.73. The first-order valence-corrected chi connectivity index (χ1v) is 13.2. The van der Waals surface area contributed by atoms with Crippen molar-refractivity contribution in [3.05, 3.63) is 48.0 Å². The lowest BCUT2D eigenvalue weighted by Crippen LogP contribution is -2.54. The average Bonchev–Trinajstić information content (AvgIpc) is 3.60. The van der Waals surface area contributed by atoms with Crippen LogP contribution in [0.25, 0.3) is 11.1 Å². The number of rotatable bonds is 6. The molecular formula is C29H31F3N2O8. The number of fused-ring (bicyclic) bond motifs is 3. The Morgan fingerprint density at radius 1 is 1.02 bits per heavy atom. The summed E-state index contributed by atoms with van der Waals surface area (Å²) in [4.78, 5) is 52.4. The van der Waals surface area contributed by atoms with Gasteiger partial charge in [-0.15, -0.1) is 0 Å². The Morgan fingerprint density at radius 2 is 1.67 bits per heavy atom. The van der Waals surface area contributed by atoms with Crippen molar-refractivity contribution in [2.24, 2.45) is 11.8 Å². The summed E-state index contributed by atoms with van der Waals surface area (Å²) in [7, 11) is 4.59. The summed E-state index contributed by atoms with van der Waals surface area (Å²) in [5.74, 6) is -3.66. The van der Waals surface area contributed by atoms with E-state index >= 15 is 0 Å². The molecular weight excluding hydrogens is 561 g/mol. The molecule has 0 spiro atoms. The van der Waals surface area contributed by atoms with Gasteiger partial charge in [-0.3, -0.25) is 24.2 Å². The number of methoxy groups -OCH3 is 3. The van der Waals surface area contributed by atoms with Gasteiger partial charge < -0.3 is 19.3 Å². The molecule has 10 nitrogen and oxygen atoms in total. The van der Waals surface area contributed by atoms with Gasteiger partial charge in [0.15, 0.2) is 0 Å². The Labute approximate surface area is 239 Å². The van der Waals surface area contributed by atoms with Crippen LogP contribution in [0.2, 0.25) is 0 Å². The lowest BCUT2D eigenvalue weighted by molar-refractivity contribution is -0.192. The van der Waals surface area contributed by atoms with E-state index in [1.165, 1.54) is 12.0 Å². The Balaban J connectivity index is 0.000000517. The van der Waals surface area contributed by atoms with Crippen molar-refractivity contribution < 1.29 is 51.7 Å². The summed E-state index contributed by atoms with van der Waals surface area (Å²) in [6.07, 6.45) is -3.83. The van der Waals surface area contributed by atoms with Gasteiger partial charge in [-0.1, -0.05) is 24.3 Å². The second kappa shape index (κ2) is 11.6. The average molecular weight is 593 g/mol. The van der Waals surface area contributed by atoms with Crippen molar-refractivity contribution in [1.29, 1.82) is 0 Å². The molecule has 5 rings (SSSR count). The van der Waals surface area contributed by atoms with E-state index in [-0.39, 0.29) is 18.4 Å². The Morgan fingerprint density at radius 3 is 2.19 bits per heavy atom. The number of carbonyl (C=O) groups is 4. The highest BCUT2D eigenvalue weighted by atomic mass is 19.4. The molecule has 42 heavy (non-hydrogen) atoms. The SMILES string of the molecule is CCN1C(=O)[C@@H]2[C@@H](c3ccc(-c4ccc(OC)cc4)c(OC)c3)N3CCC[C@@]3(C(=O)OC)[C@@H]2C1=O.O=C(O)C(F)(F)F. The fraction of sp³-hybridized carbons (Fsp3) is 0.448. The van der Waals surface area contributed by atoms with Crippen LogP contribution in [-0.4, -0.2) is 84.8 Å². The van der Waals surface area contributed by atoms with Crippen molar-refractivity contribution in [1.82, 2.24) is 9.80 Å². The molecule has 3 aliphatic rings. The van der Waals surface area contributed by atoms with E-state index in [0.717, 1.165) is 28.9 Å². The quantitative estimate of drug-likeness (QED) is 0.395. The number of alkyl halides is 3. The van der Waals surface area contributed by atoms with E-state index in [4.69, 9.17) is 24.1 Å². The largest absolute Gasteiger partial charge is 0.497 e. The minimum Gasteiger partial charge on any atom is -0.497 e. The number of halogens is 3. The van der Waals surface area contributed by atoms with Crippen molar-refractivity contribution in [3.63, 3.8) is 0 Å². The number of amides is 2. The number of carbonyl (C=O) groups excluding carboxylic acids is 3. The van der Waals surface area contributed by atoms with Gasteiger partial charge in [-0.25, -0.2) is 4.79 Å². The van der Waals surface area contributed by atoms with Gasteiger partial charge in [0.1, 0.15) is 17.0 Å². The van der Waals surface area contributed by atoms with Crippen molar-refractivity contribution in [3.8, 4) is 22.6 Å². The lowest BCUT2D eigenvalue weighted by atomic mass is 9.77. The van der Waals surface area contributed by atoms with Crippen molar-refractivity contribution >= 4 is 23.8 Å². The molecule has 0 aromatic heterocycles. The molecule has 3 fully saturated rings. The summed E-state index contributed by atoms with van der Waals surface area (Å²) in [5.41, 5.74) is 1.59. The highest BCUT2D eigenvalue weighted by molar-refractivity contribution is 6.09. The van der Waals surface area contributed by atoms with Gasteiger partial charge in [0.25, 0.3) is 0 Å². The maximum absolute atomic E-state index is 13.5. The van der Waals surface area contributed by atoms with Crippen LogP contribution in [0.3, 0.4) is 0 Å². The van der Waals surface area contributed by atoms with E-state index < -0.39 is 41.5 Å². The number of likely N-dealkylation sites (tertiary alicyclic amines) is 1. The van der Waals surface area contributed by atoms with E-state index in [0.29, 0.717) is 18.7 Å². The zero-order valence-corrected chi connectivity index (χ0v) is 23.4. The number of hydrogen-bond acceptors (Lipinski definition) is 8. The third-order valence-electron chi connectivity index (χ3n) is 8.17. The normalized spacial score (nSPS) is 24.9. The first-order chi connectivity index (χ1) is 19.9. The molecule has 0 radical (unpaired) electrons. The third kappa shape index (κ3) is 4.95. The summed E-state index contributed by atoms with van der Waals surface area (Å²) < 4.78 is 48.0. The third-order valence-corrected chi connectivity index (χ3v) is 8.17. The molecule has 0 aliphatic carbocycles. The topological polar surface area (TPSA) is 123 Å². The molecule has 3 aliphatic heterocycles. The predicted octanol–water partition coefficient (Wildman–Crippen LogP) is 3.69. The van der Waals surface area contributed by atoms with E-state index in [2.05, 4.69) is 0 Å². The summed E-state index contributed by atoms with van der Waals surface area (Å²) in [6.45, 7) is 2.69. The Hall–Kier alpha value is -4.13. The van der Waals surface area contributed by atoms with Crippen LogP contribution in [0.4, 0.5) is 13.2 Å². The fourth-order valence-corrected chi connectivity index (χ4v) is 6.47. The number of ether oxygens (including phenoxy) is 3. The van der Waals surface area contributed by atoms with Crippen molar-refractivity contribution in [2.75, 3.05) is 34.4 Å². The fourth-order valence-electron chi connectivity index (χ4n) is 6.47. The van der Waals surface area contributed by atoms with Gasteiger partial charge in [-0.05, 0) is 55.6 Å². The minimum absolute atomic E-state index is 0.219. The smallest absolute Gasteiger partial charge is 0.490 e. The number of hydrogen-bond donors (Lipinski definition) is 1. The molecule has 0 unspecified atom stereocenters. The zero-order chi connectivity index (χ0) is 31.0. The van der Waals surface area contributed by atoms with Crippen LogP contribution in [-0.2, 0) is 23.9 Å². The summed E-state index contributed by atoms with van der Waals surface area (Å²) in [6, 6.07) is 13.2. The monoisotopic (exact) mass is 592 g/mol. The first kappa shape index (κ1) is 30.8. The number of imide groups is 1. The first-order valence-electron chi connectivity index (χ1n) is 13.2. The van der Waals surface area contributed by atoms with Gasteiger partial charge in [0.05, 0.1) is 33.2 Å². The van der Waals surface area contributed by atoms with Crippen LogP contribution >= 0.6 is 0 Å². The zero-order valence-electron chi connectivity index (χ0n) is 23.4. The molecule has 4 atom stereocenters. The standard InChI is InChI=1S/C27H30N2O6.C2HF3O2/c1-5-28-24(30)21-22(25(28)31)27(26(32)35-4)13-6-14-29(27)23(21)17-9-12-19(20(15-17)34-3)16-7-10-18(33-2)11-8-16;3-2(4,5)1(6)7/h7-12,15,21-23H,5-6,13-14H2,1-4H3;(H,6,7)/t21-,22-,23+,27-;/m0./s1. The van der Waals surface area contributed by atoms with E-state index in [9.17, 15) is 27.6 Å². The van der Waals surface area contributed by atoms with Gasteiger partial charge >= 0.3 is 18.1 Å². The molecule has 2 amide bonds. The number of carboxylic acid groups (broad SMARTS) is 1. The molecule has 0 saturated carbocycles. The molecule has 2 aromatic carbocycles. The van der Waals surface area contributed by atoms with Gasteiger partial charge in [-0.2, -0.15) is 13.2 Å². The summed E-state index contributed by atoms with van der Waals surface area (Å²) >= 11 is 0. The van der Waals surface area contributed by atoms with Crippen LogP contribution < -0.4 is 9.47 Å². The van der Waals surface area contributed by atoms with E-state index in [1.807, 2.05) is 47.4 Å². The van der Waals surface area contributed by atoms with Crippen LogP contribution in [0.1, 0.15) is 31.4 Å². The molecule has 1 N–H and O–H groups in total. The van der Waals surface area contributed by atoms with Gasteiger partial charge in [0, 0.05) is 18.2 Å². The molecule has 13 heteroatoms. The number of carboxylic acids is 1. The Bertz CT molecular complexity index is 1380. The highest BCUT2D eigenvalue weighted by Crippen LogP contribution is 2.59. The van der Waals surface area contributed by atoms with Crippen LogP contribution in [0.15, 0.2) is 42.5 Å². The number of nitrogens with zero attached hydrogens (tertiary/aromatic N) is 2. The molecule has 3 saturated heterocycles. The van der Waals surface area contributed by atoms with Crippen LogP contribution in [0, 0.1) is 11.8 Å². The second-order valence-corrected chi connectivity index (χ2v) is 10.1. The maximum atomic E-state index is 13.5. The van der Waals surface area contributed by atoms with Crippen LogP contribution in [0.5, 0.6) is 11.5 Å². The predicted molar refractivity (Wildman–Crippen MR) is 141 cm³/mol. The minimum atomic E-state index is -5.08. The summed E-state index contributed by atoms with van der Waals surface area (Å²) in [5, 5.41) is 7.12. The maximum Gasteiger partial charge on any atom is 0.490 e. The molecule has 0 bridgehead atoms. The number of esters is 1. The number of aliphatic carboxylic acids is 1. The van der Waals surface area contributed by atoms with Gasteiger partial charge in [0.2, 0.25) is 11.8 Å². The molecule has 3 heterocycles. The molecule has 2 aromatic rings. The molecule has 226 valence electrons. The van der Waals surface area contributed by atoms with E-state index in [1.54, 1.807) is 21.1 Å².